The first-order valence-electron chi connectivity index (χ1n) is 9.75. The van der Waals surface area contributed by atoms with Crippen LogP contribution in [0, 0.1) is 11.8 Å². The molecule has 1 aliphatic carbocycles. The minimum atomic E-state index is -0.139. The smallest absolute Gasteiger partial charge is 0.305 e. The van der Waals surface area contributed by atoms with Crippen molar-refractivity contribution in [2.24, 2.45) is 11.8 Å². The van der Waals surface area contributed by atoms with Crippen LogP contribution >= 0.6 is 11.6 Å². The number of esters is 1. The van der Waals surface area contributed by atoms with Crippen LogP contribution in [0.25, 0.3) is 0 Å². The minimum Gasteiger partial charge on any atom is -0.469 e. The molecule has 2 atom stereocenters. The lowest BCUT2D eigenvalue weighted by atomic mass is 9.91. The average molecular weight is 355 g/mol. The number of rotatable bonds is 12. The Bertz CT molecular complexity index is 401. The molecule has 0 aromatic rings. The molecule has 3 heteroatoms. The highest BCUT2D eigenvalue weighted by Gasteiger charge is 2.25. The van der Waals surface area contributed by atoms with Crippen LogP contribution in [0.4, 0.5) is 0 Å². The Kier molecular flexibility index (Phi) is 12.0. The van der Waals surface area contributed by atoms with E-state index in [2.05, 4.69) is 29.9 Å². The summed E-state index contributed by atoms with van der Waals surface area (Å²) in [7, 11) is 1.43. The molecule has 0 bridgehead atoms. The topological polar surface area (TPSA) is 26.3 Å². The number of unbranched alkanes of at least 4 members (excludes halogenated alkanes) is 5. The molecule has 1 rings (SSSR count). The molecular weight excluding hydrogens is 320 g/mol. The number of carbonyl (C=O) groups is 1. The lowest BCUT2D eigenvalue weighted by molar-refractivity contribution is -0.140. The number of methoxy groups -OCH3 is 1. The van der Waals surface area contributed by atoms with Gasteiger partial charge in [0, 0.05) is 11.5 Å². The Hall–Kier alpha value is -0.760. The molecule has 0 amide bonds. The molecule has 1 saturated carbocycles. The molecule has 0 spiro atoms. The Balaban J connectivity index is 2.26. The normalized spacial score (nSPS) is 21.5. The number of halogens is 1. The molecule has 1 fully saturated rings. The highest BCUT2D eigenvalue weighted by molar-refractivity contribution is 6.29. The van der Waals surface area contributed by atoms with Gasteiger partial charge in [0.15, 0.2) is 0 Å². The molecule has 1 aliphatic rings. The number of hydrogen-bond acceptors (Lipinski definition) is 2. The number of carbonyl (C=O) groups excluding carboxylic acids is 1. The fourth-order valence-corrected chi connectivity index (χ4v) is 3.78. The summed E-state index contributed by atoms with van der Waals surface area (Å²) < 4.78 is 4.65. The third-order valence-corrected chi connectivity index (χ3v) is 5.27. The van der Waals surface area contributed by atoms with Crippen LogP contribution in [0.2, 0.25) is 0 Å². The van der Waals surface area contributed by atoms with E-state index in [0.29, 0.717) is 18.3 Å². The van der Waals surface area contributed by atoms with Crippen LogP contribution < -0.4 is 0 Å². The predicted octanol–water partition coefficient (Wildman–Crippen LogP) is 6.79. The fraction of sp³-hybridized carbons (Fsp3) is 0.762. The SMILES string of the molecule is CCCCCCC=C[C@H]1CCC[C@@H]1CC(Cl)=CCCCC(=O)OC. The van der Waals surface area contributed by atoms with Crippen LogP contribution in [0.15, 0.2) is 23.3 Å². The van der Waals surface area contributed by atoms with Gasteiger partial charge in [-0.3, -0.25) is 4.79 Å². The van der Waals surface area contributed by atoms with E-state index in [0.717, 1.165) is 24.3 Å². The summed E-state index contributed by atoms with van der Waals surface area (Å²) in [6.45, 7) is 2.26. The molecule has 0 radical (unpaired) electrons. The van der Waals surface area contributed by atoms with E-state index in [9.17, 15) is 4.79 Å². The van der Waals surface area contributed by atoms with Crippen LogP contribution in [0.1, 0.15) is 84.0 Å². The van der Waals surface area contributed by atoms with Gasteiger partial charge in [-0.15, -0.1) is 0 Å². The van der Waals surface area contributed by atoms with Crippen molar-refractivity contribution in [2.75, 3.05) is 7.11 Å². The molecule has 0 aliphatic heterocycles. The van der Waals surface area contributed by atoms with Crippen LogP contribution in [0.5, 0.6) is 0 Å². The molecule has 0 heterocycles. The van der Waals surface area contributed by atoms with E-state index in [1.807, 2.05) is 0 Å². The van der Waals surface area contributed by atoms with Crippen molar-refractivity contribution in [1.82, 2.24) is 0 Å². The molecule has 0 N–H and O–H groups in total. The summed E-state index contributed by atoms with van der Waals surface area (Å²) in [4.78, 5) is 11.1. The standard InChI is InChI=1S/C21H35ClO2/c1-3-4-5-6-7-8-12-18-13-11-14-19(18)17-20(22)15-9-10-16-21(23)24-2/h8,12,15,18-19H,3-7,9-11,13-14,16-17H2,1-2H3/t18-,19+/m0/s1. The van der Waals surface area contributed by atoms with Crippen molar-refractivity contribution in [2.45, 2.75) is 84.0 Å². The third kappa shape index (κ3) is 9.52. The first-order valence-corrected chi connectivity index (χ1v) is 10.1. The van der Waals surface area contributed by atoms with Gasteiger partial charge in [-0.1, -0.05) is 62.4 Å². The van der Waals surface area contributed by atoms with Gasteiger partial charge < -0.3 is 4.74 Å². The molecule has 138 valence electrons. The van der Waals surface area contributed by atoms with Crippen molar-refractivity contribution < 1.29 is 9.53 Å². The Morgan fingerprint density at radius 3 is 2.75 bits per heavy atom. The summed E-state index contributed by atoms with van der Waals surface area (Å²) in [5.41, 5.74) is 0. The second kappa shape index (κ2) is 13.5. The molecule has 0 saturated heterocycles. The van der Waals surface area contributed by atoms with E-state index in [1.54, 1.807) is 0 Å². The average Bonchev–Trinajstić information content (AvgIpc) is 3.01. The Morgan fingerprint density at radius 2 is 2.00 bits per heavy atom. The van der Waals surface area contributed by atoms with Gasteiger partial charge >= 0.3 is 5.97 Å². The van der Waals surface area contributed by atoms with Crippen molar-refractivity contribution >= 4 is 17.6 Å². The first kappa shape index (κ1) is 21.3. The first-order chi connectivity index (χ1) is 11.7. The molecule has 24 heavy (non-hydrogen) atoms. The maximum Gasteiger partial charge on any atom is 0.305 e. The molecule has 2 nitrogen and oxygen atoms in total. The van der Waals surface area contributed by atoms with Crippen molar-refractivity contribution in [3.05, 3.63) is 23.3 Å². The second-order valence-corrected chi connectivity index (χ2v) is 7.44. The molecular formula is C21H35ClO2. The highest BCUT2D eigenvalue weighted by atomic mass is 35.5. The lowest BCUT2D eigenvalue weighted by Crippen LogP contribution is -2.05. The van der Waals surface area contributed by atoms with Gasteiger partial charge in [0.1, 0.15) is 0 Å². The van der Waals surface area contributed by atoms with Gasteiger partial charge in [-0.05, 0) is 56.8 Å². The number of allylic oxidation sites excluding steroid dienone is 4. The summed E-state index contributed by atoms with van der Waals surface area (Å²) >= 11 is 6.41. The van der Waals surface area contributed by atoms with E-state index in [-0.39, 0.29) is 5.97 Å². The van der Waals surface area contributed by atoms with Crippen molar-refractivity contribution in [1.29, 1.82) is 0 Å². The largest absolute Gasteiger partial charge is 0.469 e. The third-order valence-electron chi connectivity index (χ3n) is 4.96. The maximum absolute atomic E-state index is 11.1. The molecule has 0 unspecified atom stereocenters. The van der Waals surface area contributed by atoms with Gasteiger partial charge in [0.05, 0.1) is 7.11 Å². The minimum absolute atomic E-state index is 0.139. The van der Waals surface area contributed by atoms with Crippen LogP contribution in [-0.2, 0) is 9.53 Å². The predicted molar refractivity (Wildman–Crippen MR) is 103 cm³/mol. The lowest BCUT2D eigenvalue weighted by Gasteiger charge is -2.16. The zero-order valence-electron chi connectivity index (χ0n) is 15.6. The quantitative estimate of drug-likeness (QED) is 0.219. The fourth-order valence-electron chi connectivity index (χ4n) is 3.47. The van der Waals surface area contributed by atoms with E-state index >= 15 is 0 Å². The zero-order valence-corrected chi connectivity index (χ0v) is 16.3. The van der Waals surface area contributed by atoms with Gasteiger partial charge in [-0.2, -0.15) is 0 Å². The van der Waals surface area contributed by atoms with E-state index in [4.69, 9.17) is 11.6 Å². The van der Waals surface area contributed by atoms with Gasteiger partial charge in [-0.25, -0.2) is 0 Å². The van der Waals surface area contributed by atoms with E-state index < -0.39 is 0 Å². The number of ether oxygens (including phenoxy) is 1. The molecule has 0 aromatic carbocycles. The highest BCUT2D eigenvalue weighted by Crippen LogP contribution is 2.37. The summed E-state index contributed by atoms with van der Waals surface area (Å²) in [6.07, 6.45) is 20.6. The van der Waals surface area contributed by atoms with E-state index in [1.165, 1.54) is 58.5 Å². The number of hydrogen-bond donors (Lipinski definition) is 0. The Labute approximate surface area is 153 Å². The molecule has 0 aromatic heterocycles. The van der Waals surface area contributed by atoms with Gasteiger partial charge in [0.25, 0.3) is 0 Å². The van der Waals surface area contributed by atoms with Crippen LogP contribution in [-0.4, -0.2) is 13.1 Å². The summed E-state index contributed by atoms with van der Waals surface area (Å²) in [5, 5.41) is 0.966. The zero-order chi connectivity index (χ0) is 17.6. The van der Waals surface area contributed by atoms with Crippen LogP contribution in [0.3, 0.4) is 0 Å². The maximum atomic E-state index is 11.1. The summed E-state index contributed by atoms with van der Waals surface area (Å²) in [5.74, 6) is 1.26. The summed E-state index contributed by atoms with van der Waals surface area (Å²) in [6, 6.07) is 0. The Morgan fingerprint density at radius 1 is 1.17 bits per heavy atom. The van der Waals surface area contributed by atoms with Gasteiger partial charge in [0.2, 0.25) is 0 Å². The van der Waals surface area contributed by atoms with Crippen molar-refractivity contribution in [3.8, 4) is 0 Å². The van der Waals surface area contributed by atoms with Crippen molar-refractivity contribution in [3.63, 3.8) is 0 Å². The second-order valence-electron chi connectivity index (χ2n) is 6.96. The monoisotopic (exact) mass is 354 g/mol.